The third kappa shape index (κ3) is 2.21. The Bertz CT molecular complexity index is 193. The average molecular weight is 172 g/mol. The van der Waals surface area contributed by atoms with Gasteiger partial charge in [0.15, 0.2) is 0 Å². The van der Waals surface area contributed by atoms with Crippen LogP contribution in [-0.2, 0) is 9.53 Å². The lowest BCUT2D eigenvalue weighted by atomic mass is 10.4. The first-order valence-electron chi connectivity index (χ1n) is 3.65. The molecule has 5 heteroatoms. The molecule has 0 aliphatic carbocycles. The molecule has 0 saturated heterocycles. The number of nitrogens with zero attached hydrogens (tertiary/aromatic N) is 1. The van der Waals surface area contributed by atoms with E-state index in [0.29, 0.717) is 13.2 Å². The monoisotopic (exact) mass is 172 g/mol. The number of amides is 1. The smallest absolute Gasteiger partial charge is 0.248 e. The fourth-order valence-corrected chi connectivity index (χ4v) is 0.897. The fourth-order valence-electron chi connectivity index (χ4n) is 0.897. The zero-order chi connectivity index (χ0) is 8.97. The molecule has 1 amide bonds. The van der Waals surface area contributed by atoms with Crippen LogP contribution in [0.2, 0.25) is 0 Å². The lowest BCUT2D eigenvalue weighted by molar-refractivity contribution is -0.124. The summed E-state index contributed by atoms with van der Waals surface area (Å²) in [5, 5.41) is 11.6. The summed E-state index contributed by atoms with van der Waals surface area (Å²) >= 11 is 0. The molecule has 5 nitrogen and oxygen atoms in total. The van der Waals surface area contributed by atoms with E-state index >= 15 is 0 Å². The number of rotatable bonds is 3. The highest BCUT2D eigenvalue weighted by atomic mass is 16.5. The Labute approximate surface area is 70.6 Å². The van der Waals surface area contributed by atoms with E-state index in [2.05, 4.69) is 5.32 Å². The van der Waals surface area contributed by atoms with Gasteiger partial charge in [0.25, 0.3) is 0 Å². The summed E-state index contributed by atoms with van der Waals surface area (Å²) < 4.78 is 4.82. The van der Waals surface area contributed by atoms with Gasteiger partial charge in [0.05, 0.1) is 6.61 Å². The molecule has 1 aliphatic heterocycles. The van der Waals surface area contributed by atoms with Crippen molar-refractivity contribution in [2.45, 2.75) is 6.35 Å². The van der Waals surface area contributed by atoms with Crippen LogP contribution >= 0.6 is 0 Å². The van der Waals surface area contributed by atoms with Crippen molar-refractivity contribution in [2.24, 2.45) is 0 Å². The first kappa shape index (κ1) is 9.02. The van der Waals surface area contributed by atoms with Gasteiger partial charge in [0, 0.05) is 25.9 Å². The maximum absolute atomic E-state index is 10.7. The van der Waals surface area contributed by atoms with Crippen molar-refractivity contribution in [1.82, 2.24) is 10.2 Å². The summed E-state index contributed by atoms with van der Waals surface area (Å²) in [5.41, 5.74) is 0. The number of hydrogen-bond acceptors (Lipinski definition) is 4. The second-order valence-electron chi connectivity index (χ2n) is 2.43. The van der Waals surface area contributed by atoms with E-state index < -0.39 is 6.35 Å². The highest BCUT2D eigenvalue weighted by molar-refractivity contribution is 5.88. The summed E-state index contributed by atoms with van der Waals surface area (Å²) in [6.45, 7) is 1.06. The predicted octanol–water partition coefficient (Wildman–Crippen LogP) is -1.15. The lowest BCUT2D eigenvalue weighted by Gasteiger charge is -2.29. The van der Waals surface area contributed by atoms with Gasteiger partial charge in [-0.15, -0.1) is 0 Å². The van der Waals surface area contributed by atoms with E-state index in [1.807, 2.05) is 0 Å². The molecule has 1 rings (SSSR count). The Balaban J connectivity index is 2.43. The van der Waals surface area contributed by atoms with Gasteiger partial charge in [0.2, 0.25) is 12.3 Å². The van der Waals surface area contributed by atoms with Crippen molar-refractivity contribution in [3.63, 3.8) is 0 Å². The molecule has 1 heterocycles. The molecule has 0 spiro atoms. The van der Waals surface area contributed by atoms with Gasteiger partial charge < -0.3 is 20.1 Å². The van der Waals surface area contributed by atoms with Crippen LogP contribution < -0.4 is 5.32 Å². The molecule has 0 aromatic rings. The molecule has 1 atom stereocenters. The fraction of sp³-hybridized carbons (Fsp3) is 0.571. The second kappa shape index (κ2) is 4.08. The summed E-state index contributed by atoms with van der Waals surface area (Å²) in [7, 11) is 1.58. The van der Waals surface area contributed by atoms with Crippen molar-refractivity contribution in [2.75, 3.05) is 20.3 Å². The van der Waals surface area contributed by atoms with Crippen LogP contribution in [0, 0.1) is 0 Å². The molecular weight excluding hydrogens is 160 g/mol. The lowest BCUT2D eigenvalue weighted by Crippen LogP contribution is -2.49. The van der Waals surface area contributed by atoms with E-state index in [0.717, 1.165) is 0 Å². The van der Waals surface area contributed by atoms with Crippen LogP contribution in [0.1, 0.15) is 0 Å². The Morgan fingerprint density at radius 3 is 3.17 bits per heavy atom. The molecule has 0 bridgehead atoms. The number of methoxy groups -OCH3 is 1. The Morgan fingerprint density at radius 1 is 1.83 bits per heavy atom. The number of carbonyl (C=O) groups excluding carboxylic acids is 1. The average Bonchev–Trinajstić information content (AvgIpc) is 2.03. The van der Waals surface area contributed by atoms with Gasteiger partial charge in [-0.05, 0) is 0 Å². The van der Waals surface area contributed by atoms with Gasteiger partial charge >= 0.3 is 0 Å². The molecule has 1 unspecified atom stereocenters. The van der Waals surface area contributed by atoms with Gasteiger partial charge in [-0.3, -0.25) is 4.79 Å². The number of ether oxygens (including phenoxy) is 1. The summed E-state index contributed by atoms with van der Waals surface area (Å²) in [5.74, 6) is -0.281. The Morgan fingerprint density at radius 2 is 2.58 bits per heavy atom. The molecule has 0 saturated carbocycles. The third-order valence-electron chi connectivity index (χ3n) is 1.56. The van der Waals surface area contributed by atoms with Gasteiger partial charge in [-0.2, -0.15) is 0 Å². The van der Waals surface area contributed by atoms with Crippen LogP contribution in [0.3, 0.4) is 0 Å². The minimum absolute atomic E-state index is 0.281. The number of aliphatic hydroxyl groups excluding tert-OH is 1. The molecule has 0 aromatic heterocycles. The van der Waals surface area contributed by atoms with Crippen LogP contribution in [0.25, 0.3) is 0 Å². The van der Waals surface area contributed by atoms with Crippen molar-refractivity contribution in [3.8, 4) is 0 Å². The second-order valence-corrected chi connectivity index (χ2v) is 2.43. The quantitative estimate of drug-likeness (QED) is 0.564. The maximum atomic E-state index is 10.7. The van der Waals surface area contributed by atoms with E-state index in [1.165, 1.54) is 6.08 Å². The summed E-state index contributed by atoms with van der Waals surface area (Å²) in [6, 6.07) is 0. The molecule has 2 N–H and O–H groups in total. The molecule has 1 aliphatic rings. The molecule has 0 radical (unpaired) electrons. The molecule has 0 aromatic carbocycles. The van der Waals surface area contributed by atoms with Crippen LogP contribution in [-0.4, -0.2) is 42.5 Å². The van der Waals surface area contributed by atoms with Crippen LogP contribution in [0.15, 0.2) is 12.3 Å². The Kier molecular flexibility index (Phi) is 3.07. The van der Waals surface area contributed by atoms with Crippen LogP contribution in [0.5, 0.6) is 0 Å². The molecule has 12 heavy (non-hydrogen) atoms. The van der Waals surface area contributed by atoms with E-state index in [1.54, 1.807) is 18.2 Å². The topological polar surface area (TPSA) is 61.8 Å². The van der Waals surface area contributed by atoms with Crippen molar-refractivity contribution >= 4 is 5.91 Å². The highest BCUT2D eigenvalue weighted by Crippen LogP contribution is 1.99. The Hall–Kier alpha value is -1.07. The van der Waals surface area contributed by atoms with Crippen molar-refractivity contribution < 1.29 is 14.6 Å². The standard InChI is InChI=1S/C7H12N2O3/c1-12-5-4-9-3-2-6(10)8-7(9)11/h2-3,7,11H,4-5H2,1H3,(H,8,10). The minimum atomic E-state index is -0.933. The predicted molar refractivity (Wildman–Crippen MR) is 41.9 cm³/mol. The van der Waals surface area contributed by atoms with Crippen LogP contribution in [0.4, 0.5) is 0 Å². The van der Waals surface area contributed by atoms with E-state index in [9.17, 15) is 9.90 Å². The molecule has 0 fully saturated rings. The summed E-state index contributed by atoms with van der Waals surface area (Å²) in [6.07, 6.45) is 1.97. The SMILES string of the molecule is COCCN1C=CC(=O)NC1O. The first-order chi connectivity index (χ1) is 5.74. The zero-order valence-corrected chi connectivity index (χ0v) is 6.86. The van der Waals surface area contributed by atoms with Crippen molar-refractivity contribution in [3.05, 3.63) is 12.3 Å². The van der Waals surface area contributed by atoms with E-state index in [4.69, 9.17) is 4.74 Å². The largest absolute Gasteiger partial charge is 0.383 e. The van der Waals surface area contributed by atoms with Crippen molar-refractivity contribution in [1.29, 1.82) is 0 Å². The highest BCUT2D eigenvalue weighted by Gasteiger charge is 2.17. The number of carbonyl (C=O) groups is 1. The normalized spacial score (nSPS) is 22.7. The first-order valence-corrected chi connectivity index (χ1v) is 3.65. The van der Waals surface area contributed by atoms with Gasteiger partial charge in [-0.1, -0.05) is 0 Å². The minimum Gasteiger partial charge on any atom is -0.383 e. The van der Waals surface area contributed by atoms with Gasteiger partial charge in [-0.25, -0.2) is 0 Å². The number of aliphatic hydroxyl groups is 1. The maximum Gasteiger partial charge on any atom is 0.248 e. The van der Waals surface area contributed by atoms with E-state index in [-0.39, 0.29) is 5.91 Å². The third-order valence-corrected chi connectivity index (χ3v) is 1.56. The van der Waals surface area contributed by atoms with Gasteiger partial charge in [0.1, 0.15) is 0 Å². The zero-order valence-electron chi connectivity index (χ0n) is 6.86. The molecule has 68 valence electrons. The number of hydrogen-bond donors (Lipinski definition) is 2. The molecular formula is C7H12N2O3. The summed E-state index contributed by atoms with van der Waals surface area (Å²) in [4.78, 5) is 12.3. The number of nitrogens with one attached hydrogen (secondary N) is 1.